The molecule has 0 saturated heterocycles. The Bertz CT molecular complexity index is 1160. The molecule has 34 heavy (non-hydrogen) atoms. The Hall–Kier alpha value is -2.63. The van der Waals surface area contributed by atoms with Gasteiger partial charge in [-0.1, -0.05) is 72.9 Å². The second kappa shape index (κ2) is 11.2. The molecule has 0 spiro atoms. The van der Waals surface area contributed by atoms with Gasteiger partial charge in [-0.3, -0.25) is 4.79 Å². The average molecular weight is 497 g/mol. The van der Waals surface area contributed by atoms with Crippen molar-refractivity contribution in [3.05, 3.63) is 82.0 Å². The van der Waals surface area contributed by atoms with Crippen molar-refractivity contribution in [2.75, 3.05) is 13.1 Å². The summed E-state index contributed by atoms with van der Waals surface area (Å²) in [6, 6.07) is 17.5. The lowest BCUT2D eigenvalue weighted by Crippen LogP contribution is -2.45. The molecule has 1 aliphatic heterocycles. The fourth-order valence-electron chi connectivity index (χ4n) is 4.57. The Balaban J connectivity index is 1.62. The number of aryl methyl sites for hydroxylation is 1. The minimum atomic E-state index is -0.460. The van der Waals surface area contributed by atoms with Crippen molar-refractivity contribution in [2.45, 2.75) is 45.6 Å². The van der Waals surface area contributed by atoms with E-state index in [-0.39, 0.29) is 11.9 Å². The third-order valence-electron chi connectivity index (χ3n) is 6.35. The van der Waals surface area contributed by atoms with Gasteiger partial charge in [-0.25, -0.2) is 9.67 Å². The van der Waals surface area contributed by atoms with Gasteiger partial charge in [0, 0.05) is 24.9 Å². The summed E-state index contributed by atoms with van der Waals surface area (Å²) in [5.41, 5.74) is 2.97. The summed E-state index contributed by atoms with van der Waals surface area (Å²) in [6.45, 7) is 5.52. The maximum Gasteiger partial charge on any atom is 0.233 e. The molecule has 0 fully saturated rings. The first-order valence-electron chi connectivity index (χ1n) is 11.9. The highest BCUT2D eigenvalue weighted by Crippen LogP contribution is 2.38. The van der Waals surface area contributed by atoms with Crippen LogP contribution < -0.4 is 0 Å². The Kier molecular flexibility index (Phi) is 8.07. The summed E-state index contributed by atoms with van der Waals surface area (Å²) >= 11 is 12.6. The second-order valence-corrected chi connectivity index (χ2v) is 9.57. The van der Waals surface area contributed by atoms with Crippen molar-refractivity contribution < 1.29 is 4.79 Å². The van der Waals surface area contributed by atoms with E-state index in [1.807, 2.05) is 40.8 Å². The molecule has 5 nitrogen and oxygen atoms in total. The number of hydrogen-bond acceptors (Lipinski definition) is 3. The predicted molar refractivity (Wildman–Crippen MR) is 139 cm³/mol. The molecule has 178 valence electrons. The fourth-order valence-corrected chi connectivity index (χ4v) is 4.88. The molecule has 0 bridgehead atoms. The summed E-state index contributed by atoms with van der Waals surface area (Å²) < 4.78 is 1.83. The van der Waals surface area contributed by atoms with Crippen LogP contribution in [0.1, 0.15) is 50.3 Å². The molecule has 2 unspecified atom stereocenters. The Morgan fingerprint density at radius 3 is 2.53 bits per heavy atom. The van der Waals surface area contributed by atoms with Crippen LogP contribution in [0.15, 0.2) is 65.8 Å². The Morgan fingerprint density at radius 2 is 1.79 bits per heavy atom. The number of carbonyl (C=O) groups excluding carboxylic acids is 1. The molecule has 3 aromatic rings. The van der Waals surface area contributed by atoms with E-state index in [1.54, 1.807) is 12.3 Å². The highest BCUT2D eigenvalue weighted by atomic mass is 35.5. The third-order valence-corrected chi connectivity index (χ3v) is 7.09. The van der Waals surface area contributed by atoms with Crippen molar-refractivity contribution in [1.82, 2.24) is 14.7 Å². The van der Waals surface area contributed by atoms with Crippen LogP contribution in [0.25, 0.3) is 0 Å². The molecule has 7 heteroatoms. The van der Waals surface area contributed by atoms with Gasteiger partial charge in [-0.15, -0.1) is 0 Å². The summed E-state index contributed by atoms with van der Waals surface area (Å²) in [7, 11) is 0. The molecule has 0 radical (unpaired) electrons. The van der Waals surface area contributed by atoms with E-state index >= 15 is 0 Å². The van der Waals surface area contributed by atoms with Crippen molar-refractivity contribution in [3.63, 3.8) is 0 Å². The first-order chi connectivity index (χ1) is 16.5. The standard InChI is InChI=1S/C27H30Cl2N4O/c1-3-4-16-32(17-8-11-20-9-6-5-7-10-20)27(34)25-19(2)31-24-14-15-30-33(24)26(25)21-12-13-22(28)23(29)18-21/h5-7,9-10,12-15,18,25-26H,3-4,8,11,16-17H2,1-2H3. The highest BCUT2D eigenvalue weighted by molar-refractivity contribution is 6.42. The molecule has 2 atom stereocenters. The molecule has 0 saturated carbocycles. The van der Waals surface area contributed by atoms with Crippen LogP contribution in [0.2, 0.25) is 10.0 Å². The van der Waals surface area contributed by atoms with Gasteiger partial charge in [0.15, 0.2) is 5.82 Å². The quantitative estimate of drug-likeness (QED) is 0.328. The number of fused-ring (bicyclic) bond motifs is 1. The lowest BCUT2D eigenvalue weighted by molar-refractivity contribution is -0.134. The maximum absolute atomic E-state index is 14.1. The number of aliphatic imine (C=N–C) groups is 1. The van der Waals surface area contributed by atoms with Gasteiger partial charge >= 0.3 is 0 Å². The topological polar surface area (TPSA) is 50.5 Å². The molecule has 1 aromatic heterocycles. The summed E-state index contributed by atoms with van der Waals surface area (Å²) in [5.74, 6) is 0.361. The molecular formula is C27H30Cl2N4O. The SMILES string of the molecule is CCCCN(CCCc1ccccc1)C(=O)C1C(C)=Nc2ccnn2C1c1ccc(Cl)c(Cl)c1. The fraction of sp³-hybridized carbons (Fsp3) is 0.370. The number of aromatic nitrogens is 2. The molecule has 0 aliphatic carbocycles. The Labute approximate surface area is 211 Å². The van der Waals surface area contributed by atoms with Crippen molar-refractivity contribution in [2.24, 2.45) is 10.9 Å². The Morgan fingerprint density at radius 1 is 1.03 bits per heavy atom. The van der Waals surface area contributed by atoms with E-state index in [9.17, 15) is 4.79 Å². The zero-order valence-electron chi connectivity index (χ0n) is 19.6. The zero-order chi connectivity index (χ0) is 24.1. The molecule has 2 aromatic carbocycles. The van der Waals surface area contributed by atoms with Crippen LogP contribution in [-0.2, 0) is 11.2 Å². The van der Waals surface area contributed by atoms with E-state index < -0.39 is 5.92 Å². The number of carbonyl (C=O) groups is 1. The monoisotopic (exact) mass is 496 g/mol. The molecule has 2 heterocycles. The van der Waals surface area contributed by atoms with E-state index in [1.165, 1.54) is 5.56 Å². The summed E-state index contributed by atoms with van der Waals surface area (Å²) in [5, 5.41) is 5.47. The number of amides is 1. The van der Waals surface area contributed by atoms with Crippen molar-refractivity contribution in [3.8, 4) is 0 Å². The first-order valence-corrected chi connectivity index (χ1v) is 12.6. The minimum absolute atomic E-state index is 0.0833. The second-order valence-electron chi connectivity index (χ2n) is 8.75. The van der Waals surface area contributed by atoms with Crippen LogP contribution >= 0.6 is 23.2 Å². The van der Waals surface area contributed by atoms with E-state index in [0.29, 0.717) is 16.6 Å². The molecule has 1 amide bonds. The van der Waals surface area contributed by atoms with E-state index in [4.69, 9.17) is 28.2 Å². The van der Waals surface area contributed by atoms with Crippen LogP contribution in [0, 0.1) is 5.92 Å². The van der Waals surface area contributed by atoms with Gasteiger partial charge in [-0.05, 0) is 49.4 Å². The summed E-state index contributed by atoms with van der Waals surface area (Å²) in [6.07, 6.45) is 5.56. The number of benzene rings is 2. The molecular weight excluding hydrogens is 467 g/mol. The minimum Gasteiger partial charge on any atom is -0.342 e. The van der Waals surface area contributed by atoms with Crippen molar-refractivity contribution in [1.29, 1.82) is 0 Å². The zero-order valence-corrected chi connectivity index (χ0v) is 21.1. The average Bonchev–Trinajstić information content (AvgIpc) is 3.30. The molecule has 1 aliphatic rings. The lowest BCUT2D eigenvalue weighted by Gasteiger charge is -2.35. The number of halogens is 2. The third kappa shape index (κ3) is 5.37. The van der Waals surface area contributed by atoms with Crippen LogP contribution in [0.4, 0.5) is 5.82 Å². The predicted octanol–water partition coefficient (Wildman–Crippen LogP) is 6.76. The first kappa shape index (κ1) is 24.5. The van der Waals surface area contributed by atoms with Gasteiger partial charge in [0.1, 0.15) is 5.92 Å². The normalized spacial score (nSPS) is 17.2. The highest BCUT2D eigenvalue weighted by Gasteiger charge is 2.40. The number of unbranched alkanes of at least 4 members (excludes halogenated alkanes) is 1. The number of hydrogen-bond donors (Lipinski definition) is 0. The summed E-state index contributed by atoms with van der Waals surface area (Å²) in [4.78, 5) is 20.8. The van der Waals surface area contributed by atoms with Crippen molar-refractivity contribution >= 4 is 40.6 Å². The van der Waals surface area contributed by atoms with Crippen LogP contribution in [0.5, 0.6) is 0 Å². The molecule has 0 N–H and O–H groups in total. The smallest absolute Gasteiger partial charge is 0.233 e. The van der Waals surface area contributed by atoms with Gasteiger partial charge < -0.3 is 4.90 Å². The van der Waals surface area contributed by atoms with Gasteiger partial charge in [-0.2, -0.15) is 5.10 Å². The number of rotatable bonds is 9. The van der Waals surface area contributed by atoms with Gasteiger partial charge in [0.25, 0.3) is 0 Å². The van der Waals surface area contributed by atoms with E-state index in [0.717, 1.165) is 49.3 Å². The lowest BCUT2D eigenvalue weighted by atomic mass is 9.87. The number of nitrogens with zero attached hydrogens (tertiary/aromatic N) is 4. The maximum atomic E-state index is 14.1. The van der Waals surface area contributed by atoms with Crippen LogP contribution in [-0.4, -0.2) is 39.4 Å². The van der Waals surface area contributed by atoms with Gasteiger partial charge in [0.05, 0.1) is 22.3 Å². The molecule has 4 rings (SSSR count). The largest absolute Gasteiger partial charge is 0.342 e. The van der Waals surface area contributed by atoms with Crippen LogP contribution in [0.3, 0.4) is 0 Å². The van der Waals surface area contributed by atoms with Gasteiger partial charge in [0.2, 0.25) is 5.91 Å². The van der Waals surface area contributed by atoms with E-state index in [2.05, 4.69) is 36.3 Å².